The van der Waals surface area contributed by atoms with E-state index in [1.54, 1.807) is 24.3 Å². The molecule has 2 aliphatic rings. The molecule has 1 unspecified atom stereocenters. The molecule has 2 aromatic rings. The Morgan fingerprint density at radius 1 is 1.00 bits per heavy atom. The molecular weight excluding hydrogens is 340 g/mol. The maximum atomic E-state index is 12.2. The largest absolute Gasteiger partial charge is 0.486 e. The van der Waals surface area contributed by atoms with E-state index in [-0.39, 0.29) is 11.8 Å². The molecule has 26 heavy (non-hydrogen) atoms. The monoisotopic (exact) mass is 361 g/mol. The average Bonchev–Trinajstić information content (AvgIpc) is 3.48. The van der Waals surface area contributed by atoms with Crippen LogP contribution < -0.4 is 19.5 Å². The van der Waals surface area contributed by atoms with Crippen molar-refractivity contribution in [3.8, 4) is 17.2 Å². The summed E-state index contributed by atoms with van der Waals surface area (Å²) in [5.74, 6) is 2.38. The number of benzene rings is 2. The molecule has 1 heterocycles. The maximum Gasteiger partial charge on any atom is 0.387 e. The Morgan fingerprint density at radius 2 is 1.73 bits per heavy atom. The van der Waals surface area contributed by atoms with E-state index >= 15 is 0 Å². The van der Waals surface area contributed by atoms with Gasteiger partial charge in [-0.05, 0) is 54.2 Å². The summed E-state index contributed by atoms with van der Waals surface area (Å²) < 4.78 is 40.1. The van der Waals surface area contributed by atoms with Crippen molar-refractivity contribution in [1.82, 2.24) is 5.32 Å². The van der Waals surface area contributed by atoms with Crippen LogP contribution in [0.15, 0.2) is 42.5 Å². The van der Waals surface area contributed by atoms with E-state index in [4.69, 9.17) is 9.47 Å². The first kappa shape index (κ1) is 17.1. The highest BCUT2D eigenvalue weighted by atomic mass is 19.3. The van der Waals surface area contributed by atoms with Crippen molar-refractivity contribution < 1.29 is 23.0 Å². The van der Waals surface area contributed by atoms with Crippen molar-refractivity contribution in [1.29, 1.82) is 0 Å². The summed E-state index contributed by atoms with van der Waals surface area (Å²) in [7, 11) is 0. The van der Waals surface area contributed by atoms with Gasteiger partial charge in [0.25, 0.3) is 0 Å². The van der Waals surface area contributed by atoms with Crippen LogP contribution >= 0.6 is 0 Å². The van der Waals surface area contributed by atoms with Gasteiger partial charge < -0.3 is 19.5 Å². The van der Waals surface area contributed by atoms with Gasteiger partial charge in [0.05, 0.1) is 0 Å². The number of fused-ring (bicyclic) bond motifs is 1. The van der Waals surface area contributed by atoms with E-state index in [2.05, 4.69) is 22.2 Å². The lowest BCUT2D eigenvalue weighted by Gasteiger charge is -2.23. The van der Waals surface area contributed by atoms with Crippen LogP contribution in [0.1, 0.15) is 30.0 Å². The normalized spacial score (nSPS) is 17.2. The van der Waals surface area contributed by atoms with E-state index in [0.29, 0.717) is 25.7 Å². The van der Waals surface area contributed by atoms with Gasteiger partial charge in [0.1, 0.15) is 19.0 Å². The molecule has 0 bridgehead atoms. The van der Waals surface area contributed by atoms with Crippen LogP contribution in [0.5, 0.6) is 17.2 Å². The molecule has 0 spiro atoms. The van der Waals surface area contributed by atoms with E-state index in [9.17, 15) is 8.78 Å². The van der Waals surface area contributed by atoms with Gasteiger partial charge in [-0.15, -0.1) is 0 Å². The van der Waals surface area contributed by atoms with Crippen LogP contribution in [0.2, 0.25) is 0 Å². The minimum absolute atomic E-state index is 0.175. The third-order valence-electron chi connectivity index (χ3n) is 4.69. The molecule has 1 aliphatic heterocycles. The fraction of sp³-hybridized carbons (Fsp3) is 0.400. The van der Waals surface area contributed by atoms with Crippen LogP contribution in [-0.4, -0.2) is 19.8 Å². The van der Waals surface area contributed by atoms with Gasteiger partial charge in [-0.1, -0.05) is 18.2 Å². The van der Waals surface area contributed by atoms with Gasteiger partial charge in [-0.25, -0.2) is 0 Å². The third kappa shape index (κ3) is 4.07. The minimum Gasteiger partial charge on any atom is -0.486 e. The fourth-order valence-corrected chi connectivity index (χ4v) is 3.26. The predicted molar refractivity (Wildman–Crippen MR) is 92.8 cm³/mol. The molecule has 0 aromatic heterocycles. The van der Waals surface area contributed by atoms with Gasteiger partial charge in [-0.2, -0.15) is 8.78 Å². The van der Waals surface area contributed by atoms with Crippen molar-refractivity contribution >= 4 is 0 Å². The maximum absolute atomic E-state index is 12.2. The lowest BCUT2D eigenvalue weighted by molar-refractivity contribution is -0.0498. The van der Waals surface area contributed by atoms with Gasteiger partial charge in [-0.3, -0.25) is 0 Å². The number of hydrogen-bond acceptors (Lipinski definition) is 4. The highest BCUT2D eigenvalue weighted by molar-refractivity contribution is 5.45. The SMILES string of the molecule is FC(F)Oc1ccc(CNC(c2ccc3c(c2)OCCO3)C2CC2)cc1. The lowest BCUT2D eigenvalue weighted by atomic mass is 10.0. The summed E-state index contributed by atoms with van der Waals surface area (Å²) in [5.41, 5.74) is 2.21. The van der Waals surface area contributed by atoms with E-state index < -0.39 is 6.61 Å². The van der Waals surface area contributed by atoms with Crippen molar-refractivity contribution in [2.24, 2.45) is 5.92 Å². The smallest absolute Gasteiger partial charge is 0.387 e. The van der Waals surface area contributed by atoms with Gasteiger partial charge in [0.15, 0.2) is 11.5 Å². The molecule has 1 N–H and O–H groups in total. The zero-order chi connectivity index (χ0) is 17.9. The number of rotatable bonds is 7. The Morgan fingerprint density at radius 3 is 2.42 bits per heavy atom. The highest BCUT2D eigenvalue weighted by Gasteiger charge is 2.32. The highest BCUT2D eigenvalue weighted by Crippen LogP contribution is 2.43. The van der Waals surface area contributed by atoms with E-state index in [1.165, 1.54) is 18.4 Å². The predicted octanol–water partition coefficient (Wildman–Crippen LogP) is 4.30. The van der Waals surface area contributed by atoms with Crippen LogP contribution in [0.3, 0.4) is 0 Å². The molecule has 1 saturated carbocycles. The summed E-state index contributed by atoms with van der Waals surface area (Å²) in [6.07, 6.45) is 2.40. The first-order chi connectivity index (χ1) is 12.7. The molecule has 2 aromatic carbocycles. The zero-order valence-corrected chi connectivity index (χ0v) is 14.3. The molecule has 1 fully saturated rings. The van der Waals surface area contributed by atoms with Gasteiger partial charge in [0.2, 0.25) is 0 Å². The van der Waals surface area contributed by atoms with Crippen molar-refractivity contribution in [2.75, 3.05) is 13.2 Å². The molecule has 1 atom stereocenters. The molecule has 138 valence electrons. The quantitative estimate of drug-likeness (QED) is 0.798. The molecule has 0 amide bonds. The van der Waals surface area contributed by atoms with E-state index in [1.807, 2.05) is 6.07 Å². The van der Waals surface area contributed by atoms with Gasteiger partial charge >= 0.3 is 6.61 Å². The Labute approximate surface area is 151 Å². The number of ether oxygens (including phenoxy) is 3. The Bertz CT molecular complexity index is 747. The molecule has 4 rings (SSSR count). The second-order valence-electron chi connectivity index (χ2n) is 6.62. The van der Waals surface area contributed by atoms with Crippen molar-refractivity contribution in [2.45, 2.75) is 32.0 Å². The fourth-order valence-electron chi connectivity index (χ4n) is 3.26. The molecule has 6 heteroatoms. The molecule has 0 saturated heterocycles. The standard InChI is InChI=1S/C20H21F2NO3/c21-20(22)26-16-6-1-13(2-7-16)12-23-19(14-3-4-14)15-5-8-17-18(11-15)25-10-9-24-17/h1-2,5-8,11,14,19-20,23H,3-4,9-10,12H2. The number of hydrogen-bond donors (Lipinski definition) is 1. The first-order valence-corrected chi connectivity index (χ1v) is 8.86. The summed E-state index contributed by atoms with van der Waals surface area (Å²) in [6.45, 7) is -0.981. The summed E-state index contributed by atoms with van der Waals surface area (Å²) >= 11 is 0. The first-order valence-electron chi connectivity index (χ1n) is 8.86. The molecule has 1 aliphatic carbocycles. The Kier molecular flexibility index (Phi) is 4.93. The second kappa shape index (κ2) is 7.50. The summed E-state index contributed by atoms with van der Waals surface area (Å²) in [5, 5.41) is 3.60. The number of alkyl halides is 2. The van der Waals surface area contributed by atoms with Crippen LogP contribution in [-0.2, 0) is 6.54 Å². The number of halogens is 2. The minimum atomic E-state index is -2.80. The zero-order valence-electron chi connectivity index (χ0n) is 14.3. The summed E-state index contributed by atoms with van der Waals surface area (Å²) in [4.78, 5) is 0. The van der Waals surface area contributed by atoms with Crippen LogP contribution in [0.25, 0.3) is 0 Å². The van der Waals surface area contributed by atoms with E-state index in [0.717, 1.165) is 17.1 Å². The second-order valence-corrected chi connectivity index (χ2v) is 6.62. The average molecular weight is 361 g/mol. The van der Waals surface area contributed by atoms with Crippen molar-refractivity contribution in [3.05, 3.63) is 53.6 Å². The molecular formula is C20H21F2NO3. The van der Waals surface area contributed by atoms with Crippen LogP contribution in [0, 0.1) is 5.92 Å². The van der Waals surface area contributed by atoms with Crippen LogP contribution in [0.4, 0.5) is 8.78 Å². The Balaban J connectivity index is 1.43. The van der Waals surface area contributed by atoms with Gasteiger partial charge in [0, 0.05) is 12.6 Å². The molecule has 4 nitrogen and oxygen atoms in total. The Hall–Kier alpha value is -2.34. The summed E-state index contributed by atoms with van der Waals surface area (Å²) in [6, 6.07) is 13.1. The van der Waals surface area contributed by atoms with Crippen molar-refractivity contribution in [3.63, 3.8) is 0 Å². The topological polar surface area (TPSA) is 39.7 Å². The lowest BCUT2D eigenvalue weighted by Crippen LogP contribution is -2.23. The number of nitrogens with one attached hydrogen (secondary N) is 1. The molecule has 0 radical (unpaired) electrons. The third-order valence-corrected chi connectivity index (χ3v) is 4.69.